The molecule has 1 rings (SSSR count). The van der Waals surface area contributed by atoms with Gasteiger partial charge in [-0.2, -0.15) is 0 Å². The van der Waals surface area contributed by atoms with Crippen molar-refractivity contribution in [1.29, 1.82) is 0 Å². The van der Waals surface area contributed by atoms with Crippen LogP contribution in [0.1, 0.15) is 31.4 Å². The van der Waals surface area contributed by atoms with E-state index < -0.39 is 5.54 Å². The SMILES string of the molecule is Cc1ccc(C(N)=S)c(NC(C)(C)CC(N)=O)c1. The Morgan fingerprint density at radius 2 is 2.00 bits per heavy atom. The monoisotopic (exact) mass is 265 g/mol. The van der Waals surface area contributed by atoms with E-state index >= 15 is 0 Å². The number of amides is 1. The van der Waals surface area contributed by atoms with Gasteiger partial charge in [0.25, 0.3) is 0 Å². The minimum atomic E-state index is -0.445. The van der Waals surface area contributed by atoms with E-state index in [1.807, 2.05) is 39.0 Å². The first-order valence-electron chi connectivity index (χ1n) is 5.68. The largest absolute Gasteiger partial charge is 0.389 e. The number of rotatable bonds is 5. The van der Waals surface area contributed by atoms with Crippen LogP contribution in [0.25, 0.3) is 0 Å². The van der Waals surface area contributed by atoms with Gasteiger partial charge in [-0.1, -0.05) is 18.3 Å². The minimum Gasteiger partial charge on any atom is -0.389 e. The third kappa shape index (κ3) is 4.00. The summed E-state index contributed by atoms with van der Waals surface area (Å²) >= 11 is 5.02. The Labute approximate surface area is 113 Å². The summed E-state index contributed by atoms with van der Waals surface area (Å²) in [6, 6.07) is 5.78. The normalized spacial score (nSPS) is 11.1. The quantitative estimate of drug-likeness (QED) is 0.708. The number of nitrogens with two attached hydrogens (primary N) is 2. The second-order valence-electron chi connectivity index (χ2n) is 5.07. The lowest BCUT2D eigenvalue weighted by atomic mass is 9.98. The van der Waals surface area contributed by atoms with Gasteiger partial charge in [0, 0.05) is 23.2 Å². The standard InChI is InChI=1S/C13H19N3OS/c1-8-4-5-9(12(15)18)10(6-8)16-13(2,3)7-11(14)17/h4-6,16H,7H2,1-3H3,(H2,14,17)(H2,15,18). The van der Waals surface area contributed by atoms with Crippen molar-refractivity contribution in [3.8, 4) is 0 Å². The number of aryl methyl sites for hydroxylation is 1. The molecule has 5 N–H and O–H groups in total. The number of anilines is 1. The Bertz CT molecular complexity index is 483. The topological polar surface area (TPSA) is 81.1 Å². The third-order valence-electron chi connectivity index (χ3n) is 2.53. The highest BCUT2D eigenvalue weighted by Crippen LogP contribution is 2.23. The van der Waals surface area contributed by atoms with E-state index in [-0.39, 0.29) is 12.3 Å². The van der Waals surface area contributed by atoms with Crippen LogP contribution < -0.4 is 16.8 Å². The zero-order valence-corrected chi connectivity index (χ0v) is 11.7. The predicted molar refractivity (Wildman–Crippen MR) is 78.6 cm³/mol. The summed E-state index contributed by atoms with van der Waals surface area (Å²) in [6.45, 7) is 5.79. The molecule has 5 heteroatoms. The van der Waals surface area contributed by atoms with Crippen LogP contribution in [0.2, 0.25) is 0 Å². The van der Waals surface area contributed by atoms with E-state index in [9.17, 15) is 4.79 Å². The summed E-state index contributed by atoms with van der Waals surface area (Å²) < 4.78 is 0. The molecule has 0 saturated heterocycles. The van der Waals surface area contributed by atoms with Crippen LogP contribution in [0, 0.1) is 6.92 Å². The minimum absolute atomic E-state index is 0.234. The van der Waals surface area contributed by atoms with Gasteiger partial charge in [-0.15, -0.1) is 0 Å². The molecule has 0 aliphatic carbocycles. The fourth-order valence-corrected chi connectivity index (χ4v) is 2.00. The summed E-state index contributed by atoms with van der Waals surface area (Å²) in [4.78, 5) is 11.3. The summed E-state index contributed by atoms with van der Waals surface area (Å²) in [5, 5.41) is 3.27. The average molecular weight is 265 g/mol. The molecule has 1 aromatic carbocycles. The van der Waals surface area contributed by atoms with Crippen LogP contribution in [0.5, 0.6) is 0 Å². The highest BCUT2D eigenvalue weighted by Gasteiger charge is 2.21. The van der Waals surface area contributed by atoms with E-state index in [2.05, 4.69) is 5.32 Å². The van der Waals surface area contributed by atoms with Crippen LogP contribution in [-0.4, -0.2) is 16.4 Å². The molecule has 0 radical (unpaired) electrons. The lowest BCUT2D eigenvalue weighted by Crippen LogP contribution is -2.36. The lowest BCUT2D eigenvalue weighted by Gasteiger charge is -2.27. The van der Waals surface area contributed by atoms with Crippen molar-refractivity contribution in [2.24, 2.45) is 11.5 Å². The Morgan fingerprint density at radius 1 is 1.39 bits per heavy atom. The van der Waals surface area contributed by atoms with Gasteiger partial charge in [-0.05, 0) is 38.5 Å². The number of carbonyl (C=O) groups is 1. The molecule has 0 saturated carbocycles. The lowest BCUT2D eigenvalue weighted by molar-refractivity contribution is -0.118. The molecule has 0 aliphatic rings. The fraction of sp³-hybridized carbons (Fsp3) is 0.385. The molecule has 0 fully saturated rings. The molecule has 4 nitrogen and oxygen atoms in total. The van der Waals surface area contributed by atoms with Crippen molar-refractivity contribution in [1.82, 2.24) is 0 Å². The molecule has 1 amide bonds. The van der Waals surface area contributed by atoms with Gasteiger partial charge in [-0.25, -0.2) is 0 Å². The summed E-state index contributed by atoms with van der Waals surface area (Å²) in [5.41, 5.74) is 13.2. The molecule has 0 bridgehead atoms. The number of hydrogen-bond acceptors (Lipinski definition) is 3. The molecular weight excluding hydrogens is 246 g/mol. The van der Waals surface area contributed by atoms with Crippen molar-refractivity contribution in [2.75, 3.05) is 5.32 Å². The number of nitrogens with one attached hydrogen (secondary N) is 1. The van der Waals surface area contributed by atoms with E-state index in [4.69, 9.17) is 23.7 Å². The van der Waals surface area contributed by atoms with Crippen LogP contribution in [0.15, 0.2) is 18.2 Å². The maximum atomic E-state index is 11.0. The highest BCUT2D eigenvalue weighted by atomic mass is 32.1. The maximum absolute atomic E-state index is 11.0. The van der Waals surface area contributed by atoms with Crippen LogP contribution >= 0.6 is 12.2 Å². The van der Waals surface area contributed by atoms with Crippen molar-refractivity contribution in [3.63, 3.8) is 0 Å². The summed E-state index contributed by atoms with van der Waals surface area (Å²) in [6.07, 6.45) is 0.234. The second-order valence-corrected chi connectivity index (χ2v) is 5.51. The molecule has 0 aromatic heterocycles. The van der Waals surface area contributed by atoms with Crippen molar-refractivity contribution < 1.29 is 4.79 Å². The maximum Gasteiger partial charge on any atom is 0.219 e. The number of benzene rings is 1. The number of thiocarbonyl (C=S) groups is 1. The number of primary amides is 1. The van der Waals surface area contributed by atoms with Gasteiger partial charge >= 0.3 is 0 Å². The van der Waals surface area contributed by atoms with Gasteiger partial charge in [-0.3, -0.25) is 4.79 Å². The van der Waals surface area contributed by atoms with Gasteiger partial charge in [0.2, 0.25) is 5.91 Å². The summed E-state index contributed by atoms with van der Waals surface area (Å²) in [7, 11) is 0. The molecule has 0 aliphatic heterocycles. The van der Waals surface area contributed by atoms with Gasteiger partial charge in [0.15, 0.2) is 0 Å². The number of carbonyl (C=O) groups excluding carboxylic acids is 1. The molecule has 0 unspecified atom stereocenters. The fourth-order valence-electron chi connectivity index (χ4n) is 1.82. The van der Waals surface area contributed by atoms with Gasteiger partial charge < -0.3 is 16.8 Å². The number of hydrogen-bond donors (Lipinski definition) is 3. The highest BCUT2D eigenvalue weighted by molar-refractivity contribution is 7.80. The first-order chi connectivity index (χ1) is 8.21. The smallest absolute Gasteiger partial charge is 0.219 e. The van der Waals surface area contributed by atoms with Gasteiger partial charge in [0.05, 0.1) is 0 Å². The van der Waals surface area contributed by atoms with Crippen molar-refractivity contribution in [3.05, 3.63) is 29.3 Å². The van der Waals surface area contributed by atoms with Crippen molar-refractivity contribution >= 4 is 28.8 Å². The van der Waals surface area contributed by atoms with E-state index in [0.717, 1.165) is 16.8 Å². The Kier molecular flexibility index (Phi) is 4.29. The molecule has 18 heavy (non-hydrogen) atoms. The van der Waals surface area contributed by atoms with Gasteiger partial charge in [0.1, 0.15) is 4.99 Å². The van der Waals surface area contributed by atoms with E-state index in [1.165, 1.54) is 0 Å². The second kappa shape index (κ2) is 5.35. The van der Waals surface area contributed by atoms with E-state index in [1.54, 1.807) is 0 Å². The van der Waals surface area contributed by atoms with E-state index in [0.29, 0.717) is 4.99 Å². The first kappa shape index (κ1) is 14.4. The molecule has 0 spiro atoms. The Morgan fingerprint density at radius 3 is 2.50 bits per heavy atom. The van der Waals surface area contributed by atoms with Crippen LogP contribution in [0.3, 0.4) is 0 Å². The molecule has 98 valence electrons. The molecule has 1 aromatic rings. The first-order valence-corrected chi connectivity index (χ1v) is 6.09. The third-order valence-corrected chi connectivity index (χ3v) is 2.75. The average Bonchev–Trinajstić information content (AvgIpc) is 2.13. The zero-order valence-electron chi connectivity index (χ0n) is 10.9. The van der Waals surface area contributed by atoms with Crippen LogP contribution in [0.4, 0.5) is 5.69 Å². The summed E-state index contributed by atoms with van der Waals surface area (Å²) in [5.74, 6) is -0.350. The molecular formula is C13H19N3OS. The molecule has 0 heterocycles. The van der Waals surface area contributed by atoms with Crippen LogP contribution in [-0.2, 0) is 4.79 Å². The Balaban J connectivity index is 3.05. The predicted octanol–water partition coefficient (Wildman–Crippen LogP) is 1.70. The van der Waals surface area contributed by atoms with Crippen molar-refractivity contribution in [2.45, 2.75) is 32.7 Å². The zero-order chi connectivity index (χ0) is 13.9. The molecule has 0 atom stereocenters. The Hall–Kier alpha value is -1.62.